The van der Waals surface area contributed by atoms with Crippen LogP contribution in [-0.4, -0.2) is 40.2 Å². The maximum atomic E-state index is 12.5. The molecule has 1 aliphatic rings. The van der Waals surface area contributed by atoms with Crippen LogP contribution in [0.15, 0.2) is 30.3 Å². The van der Waals surface area contributed by atoms with Gasteiger partial charge in [-0.2, -0.15) is 0 Å². The van der Waals surface area contributed by atoms with Gasteiger partial charge in [-0.05, 0) is 33.3 Å². The highest BCUT2D eigenvalue weighted by Crippen LogP contribution is 2.24. The lowest BCUT2D eigenvalue weighted by Crippen LogP contribution is -2.49. The number of carbonyl (C=O) groups excluding carboxylic acids is 2. The zero-order valence-corrected chi connectivity index (χ0v) is 14.9. The first-order chi connectivity index (χ1) is 10.8. The van der Waals surface area contributed by atoms with Crippen LogP contribution < -0.4 is 5.32 Å². The molecular weight excluding hydrogens is 312 g/mol. The van der Waals surface area contributed by atoms with Gasteiger partial charge < -0.3 is 10.1 Å². The van der Waals surface area contributed by atoms with E-state index in [4.69, 9.17) is 4.74 Å². The van der Waals surface area contributed by atoms with E-state index in [9.17, 15) is 9.59 Å². The molecule has 126 valence electrons. The van der Waals surface area contributed by atoms with Gasteiger partial charge in [0, 0.05) is 5.75 Å². The van der Waals surface area contributed by atoms with Crippen molar-refractivity contribution in [3.8, 4) is 0 Å². The number of thioether (sulfide) groups is 1. The fourth-order valence-corrected chi connectivity index (χ4v) is 3.44. The topological polar surface area (TPSA) is 58.6 Å². The summed E-state index contributed by atoms with van der Waals surface area (Å²) in [6.07, 6.45) is -0.435. The molecule has 1 aromatic rings. The summed E-state index contributed by atoms with van der Waals surface area (Å²) in [4.78, 5) is 26.3. The van der Waals surface area contributed by atoms with E-state index in [0.29, 0.717) is 11.6 Å². The fourth-order valence-electron chi connectivity index (χ4n) is 2.29. The summed E-state index contributed by atoms with van der Waals surface area (Å²) in [5, 5.41) is 2.98. The number of amides is 2. The standard InChI is InChI=1S/C17H24N2O3S/c1-12(13-8-6-5-7-9-13)18-15(20)14-10-23-11-19(14)16(21)22-17(2,3)4/h5-9,12,14H,10-11H2,1-4H3,(H,18,20)/t12-,14+/m1/s1. The van der Waals surface area contributed by atoms with Crippen LogP contribution in [0.4, 0.5) is 4.79 Å². The van der Waals surface area contributed by atoms with Crippen molar-refractivity contribution in [2.45, 2.75) is 45.4 Å². The monoisotopic (exact) mass is 336 g/mol. The smallest absolute Gasteiger partial charge is 0.411 e. The predicted octanol–water partition coefficient (Wildman–Crippen LogP) is 3.17. The first-order valence-corrected chi connectivity index (χ1v) is 8.86. The Morgan fingerprint density at radius 2 is 1.96 bits per heavy atom. The Morgan fingerprint density at radius 1 is 1.30 bits per heavy atom. The van der Waals surface area contributed by atoms with E-state index in [1.54, 1.807) is 11.8 Å². The van der Waals surface area contributed by atoms with Gasteiger partial charge in [-0.1, -0.05) is 30.3 Å². The lowest BCUT2D eigenvalue weighted by atomic mass is 10.1. The molecule has 2 rings (SSSR count). The van der Waals surface area contributed by atoms with Crippen molar-refractivity contribution in [1.29, 1.82) is 0 Å². The zero-order valence-electron chi connectivity index (χ0n) is 14.0. The van der Waals surface area contributed by atoms with Gasteiger partial charge in [-0.25, -0.2) is 4.79 Å². The van der Waals surface area contributed by atoms with Crippen molar-refractivity contribution in [2.24, 2.45) is 0 Å². The molecule has 6 heteroatoms. The third kappa shape index (κ3) is 4.89. The number of rotatable bonds is 3. The van der Waals surface area contributed by atoms with Gasteiger partial charge in [0.15, 0.2) is 0 Å². The van der Waals surface area contributed by atoms with E-state index in [1.165, 1.54) is 4.90 Å². The summed E-state index contributed by atoms with van der Waals surface area (Å²) < 4.78 is 5.39. The Kier molecular flexibility index (Phi) is 5.57. The number of hydrogen-bond acceptors (Lipinski definition) is 4. The molecule has 1 fully saturated rings. The van der Waals surface area contributed by atoms with Crippen LogP contribution in [0.5, 0.6) is 0 Å². The Labute approximate surface area is 141 Å². The van der Waals surface area contributed by atoms with Gasteiger partial charge in [0.1, 0.15) is 11.6 Å². The van der Waals surface area contributed by atoms with Crippen LogP contribution in [0.2, 0.25) is 0 Å². The van der Waals surface area contributed by atoms with Crippen molar-refractivity contribution in [3.05, 3.63) is 35.9 Å². The van der Waals surface area contributed by atoms with Gasteiger partial charge in [0.05, 0.1) is 11.9 Å². The van der Waals surface area contributed by atoms with Crippen LogP contribution in [-0.2, 0) is 9.53 Å². The van der Waals surface area contributed by atoms with E-state index in [-0.39, 0.29) is 11.9 Å². The fraction of sp³-hybridized carbons (Fsp3) is 0.529. The molecule has 5 nitrogen and oxygen atoms in total. The predicted molar refractivity (Wildman–Crippen MR) is 92.2 cm³/mol. The number of hydrogen-bond donors (Lipinski definition) is 1. The molecule has 1 saturated heterocycles. The van der Waals surface area contributed by atoms with Crippen LogP contribution >= 0.6 is 11.8 Å². The molecule has 2 atom stereocenters. The van der Waals surface area contributed by atoms with Gasteiger partial charge in [0.25, 0.3) is 0 Å². The van der Waals surface area contributed by atoms with Gasteiger partial charge in [-0.3, -0.25) is 9.69 Å². The summed E-state index contributed by atoms with van der Waals surface area (Å²) in [5.74, 6) is 0.927. The summed E-state index contributed by atoms with van der Waals surface area (Å²) in [5.41, 5.74) is 0.471. The molecule has 0 unspecified atom stereocenters. The SMILES string of the molecule is C[C@@H](NC(=O)[C@@H]1CSCN1C(=O)OC(C)(C)C)c1ccccc1. The van der Waals surface area contributed by atoms with Crippen LogP contribution in [0, 0.1) is 0 Å². The zero-order chi connectivity index (χ0) is 17.0. The van der Waals surface area contributed by atoms with Crippen LogP contribution in [0.3, 0.4) is 0 Å². The molecule has 0 spiro atoms. The van der Waals surface area contributed by atoms with Gasteiger partial charge in [-0.15, -0.1) is 11.8 Å². The van der Waals surface area contributed by atoms with Crippen molar-refractivity contribution >= 4 is 23.8 Å². The molecule has 1 heterocycles. The average molecular weight is 336 g/mol. The van der Waals surface area contributed by atoms with Gasteiger partial charge >= 0.3 is 6.09 Å². The summed E-state index contributed by atoms with van der Waals surface area (Å²) in [6.45, 7) is 7.40. The van der Waals surface area contributed by atoms with Gasteiger partial charge in [0.2, 0.25) is 5.91 Å². The second-order valence-corrected chi connectivity index (χ2v) is 7.61. The van der Waals surface area contributed by atoms with E-state index in [1.807, 2.05) is 58.0 Å². The van der Waals surface area contributed by atoms with E-state index >= 15 is 0 Å². The molecule has 0 saturated carbocycles. The molecule has 0 aliphatic carbocycles. The Morgan fingerprint density at radius 3 is 2.57 bits per heavy atom. The third-order valence-corrected chi connectivity index (χ3v) is 4.48. The van der Waals surface area contributed by atoms with E-state index in [2.05, 4.69) is 5.32 Å². The van der Waals surface area contributed by atoms with Crippen molar-refractivity contribution in [1.82, 2.24) is 10.2 Å². The first-order valence-electron chi connectivity index (χ1n) is 7.70. The number of ether oxygens (including phenoxy) is 1. The molecule has 1 aromatic carbocycles. The summed E-state index contributed by atoms with van der Waals surface area (Å²) in [6, 6.07) is 9.18. The maximum Gasteiger partial charge on any atom is 0.411 e. The average Bonchev–Trinajstić information content (AvgIpc) is 2.96. The third-order valence-electron chi connectivity index (χ3n) is 3.47. The molecule has 23 heavy (non-hydrogen) atoms. The highest BCUT2D eigenvalue weighted by Gasteiger charge is 2.37. The minimum Gasteiger partial charge on any atom is -0.444 e. The quantitative estimate of drug-likeness (QED) is 0.921. The van der Waals surface area contributed by atoms with Crippen molar-refractivity contribution in [3.63, 3.8) is 0 Å². The molecule has 1 aliphatic heterocycles. The highest BCUT2D eigenvalue weighted by atomic mass is 32.2. The molecule has 1 N–H and O–H groups in total. The summed E-state index contributed by atoms with van der Waals surface area (Å²) >= 11 is 1.56. The lowest BCUT2D eigenvalue weighted by molar-refractivity contribution is -0.125. The minimum absolute atomic E-state index is 0.102. The second kappa shape index (κ2) is 7.25. The lowest BCUT2D eigenvalue weighted by Gasteiger charge is -2.28. The highest BCUT2D eigenvalue weighted by molar-refractivity contribution is 7.99. The Balaban J connectivity index is 1.99. The Hall–Kier alpha value is -1.69. The van der Waals surface area contributed by atoms with E-state index < -0.39 is 17.7 Å². The van der Waals surface area contributed by atoms with Crippen LogP contribution in [0.25, 0.3) is 0 Å². The minimum atomic E-state index is -0.567. The largest absolute Gasteiger partial charge is 0.444 e. The number of nitrogens with zero attached hydrogens (tertiary/aromatic N) is 1. The Bertz CT molecular complexity index is 557. The number of benzene rings is 1. The second-order valence-electron chi connectivity index (χ2n) is 6.61. The van der Waals surface area contributed by atoms with Crippen LogP contribution in [0.1, 0.15) is 39.3 Å². The normalized spacial score (nSPS) is 19.3. The van der Waals surface area contributed by atoms with Crippen molar-refractivity contribution < 1.29 is 14.3 Å². The molecule has 2 amide bonds. The molecule has 0 bridgehead atoms. The molecule has 0 radical (unpaired) electrons. The maximum absolute atomic E-state index is 12.5. The number of nitrogens with one attached hydrogen (secondary N) is 1. The first kappa shape index (κ1) is 17.7. The summed E-state index contributed by atoms with van der Waals surface area (Å²) in [7, 11) is 0. The van der Waals surface area contributed by atoms with E-state index in [0.717, 1.165) is 5.56 Å². The molecule has 0 aromatic heterocycles. The van der Waals surface area contributed by atoms with Crippen molar-refractivity contribution in [2.75, 3.05) is 11.6 Å². The number of carbonyl (C=O) groups is 2. The molecular formula is C17H24N2O3S.